The molecule has 3 amide bonds. The molecule has 29 heavy (non-hydrogen) atoms. The van der Waals surface area contributed by atoms with Crippen LogP contribution in [0, 0.1) is 5.92 Å². The van der Waals surface area contributed by atoms with Crippen LogP contribution >= 0.6 is 22.9 Å². The summed E-state index contributed by atoms with van der Waals surface area (Å²) in [5.41, 5.74) is 7.78. The number of fused-ring (bicyclic) bond motifs is 1. The monoisotopic (exact) mass is 433 g/mol. The Morgan fingerprint density at radius 2 is 1.97 bits per heavy atom. The zero-order chi connectivity index (χ0) is 20.6. The van der Waals surface area contributed by atoms with Gasteiger partial charge in [-0.1, -0.05) is 18.0 Å². The fraction of sp³-hybridized carbons (Fsp3) is 0.429. The molecule has 2 aliphatic rings. The Bertz CT molecular complexity index is 939. The van der Waals surface area contributed by atoms with Crippen LogP contribution in [0.25, 0.3) is 0 Å². The molecule has 0 spiro atoms. The van der Waals surface area contributed by atoms with E-state index in [4.69, 9.17) is 17.3 Å². The van der Waals surface area contributed by atoms with E-state index in [1.807, 2.05) is 0 Å². The molecular formula is C21H26ClN4O2S+. The number of quaternary nitrogens is 1. The highest BCUT2D eigenvalue weighted by molar-refractivity contribution is 7.17. The van der Waals surface area contributed by atoms with Crippen molar-refractivity contribution in [2.24, 2.45) is 11.7 Å². The predicted octanol–water partition coefficient (Wildman–Crippen LogP) is 4.45. The first-order valence-electron chi connectivity index (χ1n) is 9.94. The van der Waals surface area contributed by atoms with Gasteiger partial charge in [0.1, 0.15) is 11.5 Å². The quantitative estimate of drug-likeness (QED) is 0.608. The Morgan fingerprint density at radius 3 is 2.59 bits per heavy atom. The summed E-state index contributed by atoms with van der Waals surface area (Å²) in [6.45, 7) is 3.07. The van der Waals surface area contributed by atoms with Gasteiger partial charge in [-0.15, -0.1) is 11.3 Å². The Morgan fingerprint density at radius 1 is 1.24 bits per heavy atom. The summed E-state index contributed by atoms with van der Waals surface area (Å²) in [6, 6.07) is 6.45. The number of primary amides is 1. The smallest absolute Gasteiger partial charge is 0.324 e. The van der Waals surface area contributed by atoms with Crippen molar-refractivity contribution < 1.29 is 14.1 Å². The van der Waals surface area contributed by atoms with E-state index in [1.54, 1.807) is 24.3 Å². The number of anilines is 2. The van der Waals surface area contributed by atoms with E-state index in [9.17, 15) is 9.59 Å². The average molecular weight is 434 g/mol. The molecule has 1 aliphatic heterocycles. The summed E-state index contributed by atoms with van der Waals surface area (Å²) >= 11 is 7.36. The number of amides is 3. The molecule has 1 aliphatic carbocycles. The number of hydrogen-bond acceptors (Lipinski definition) is 3. The number of thiophene rings is 1. The summed E-state index contributed by atoms with van der Waals surface area (Å²) in [7, 11) is 2.30. The molecule has 1 aromatic heterocycles. The molecule has 4 rings (SSSR count). The molecule has 1 unspecified atom stereocenters. The Kier molecular flexibility index (Phi) is 5.55. The van der Waals surface area contributed by atoms with E-state index in [1.165, 1.54) is 37.1 Å². The number of carbonyl (C=O) groups excluding carboxylic acids is 2. The molecule has 8 heteroatoms. The first-order chi connectivity index (χ1) is 13.8. The van der Waals surface area contributed by atoms with Gasteiger partial charge in [-0.05, 0) is 42.7 Å². The van der Waals surface area contributed by atoms with Crippen molar-refractivity contribution in [1.29, 1.82) is 0 Å². The van der Waals surface area contributed by atoms with E-state index in [2.05, 4.69) is 17.7 Å². The lowest BCUT2D eigenvalue weighted by Crippen LogP contribution is -2.51. The SMILES string of the molecule is C[N+]1(CC2CCC2)CCc2c(sc(NC(=O)Nc3ccc(Cl)cc3)c2C(N)=O)C1. The normalized spacial score (nSPS) is 21.2. The fourth-order valence-electron chi connectivity index (χ4n) is 4.31. The Hall–Kier alpha value is -2.09. The average Bonchev–Trinajstić information content (AvgIpc) is 2.97. The van der Waals surface area contributed by atoms with Gasteiger partial charge in [0.2, 0.25) is 0 Å². The number of urea groups is 1. The fourth-order valence-corrected chi connectivity index (χ4v) is 5.86. The van der Waals surface area contributed by atoms with Gasteiger partial charge in [0.15, 0.2) is 0 Å². The van der Waals surface area contributed by atoms with Crippen LogP contribution in [0.5, 0.6) is 0 Å². The first kappa shape index (κ1) is 20.2. The predicted molar refractivity (Wildman–Crippen MR) is 118 cm³/mol. The van der Waals surface area contributed by atoms with Gasteiger partial charge in [-0.25, -0.2) is 4.79 Å². The number of carbonyl (C=O) groups is 2. The van der Waals surface area contributed by atoms with Crippen LogP contribution in [0.1, 0.15) is 40.1 Å². The molecule has 6 nitrogen and oxygen atoms in total. The molecule has 2 aromatic rings. The van der Waals surface area contributed by atoms with Crippen LogP contribution < -0.4 is 16.4 Å². The standard InChI is InChI=1S/C21H25ClN4O2S/c1-26(11-13-3-2-4-13)10-9-16-17(12-26)29-20(18(16)19(23)27)25-21(28)24-15-7-5-14(22)6-8-15/h5-8,13H,2-4,9-12H2,1H3,(H3-,23,24,25,27,28)/p+1. The van der Waals surface area contributed by atoms with Crippen LogP contribution in [0.2, 0.25) is 5.02 Å². The molecule has 0 bridgehead atoms. The highest BCUT2D eigenvalue weighted by atomic mass is 35.5. The molecule has 0 saturated heterocycles. The number of nitrogens with one attached hydrogen (secondary N) is 2. The largest absolute Gasteiger partial charge is 0.365 e. The minimum Gasteiger partial charge on any atom is -0.365 e. The highest BCUT2D eigenvalue weighted by Gasteiger charge is 2.37. The van der Waals surface area contributed by atoms with E-state index in [0.29, 0.717) is 21.3 Å². The molecule has 1 saturated carbocycles. The van der Waals surface area contributed by atoms with E-state index < -0.39 is 11.9 Å². The van der Waals surface area contributed by atoms with Gasteiger partial charge in [0.25, 0.3) is 5.91 Å². The van der Waals surface area contributed by atoms with Gasteiger partial charge in [-0.3, -0.25) is 10.1 Å². The van der Waals surface area contributed by atoms with Crippen LogP contribution in [-0.4, -0.2) is 36.6 Å². The van der Waals surface area contributed by atoms with Crippen molar-refractivity contribution in [3.8, 4) is 0 Å². The number of nitrogens with two attached hydrogens (primary N) is 1. The van der Waals surface area contributed by atoms with Crippen LogP contribution in [-0.2, 0) is 13.0 Å². The van der Waals surface area contributed by atoms with E-state index in [-0.39, 0.29) is 0 Å². The molecule has 4 N–H and O–H groups in total. The summed E-state index contributed by atoms with van der Waals surface area (Å²) in [6.07, 6.45) is 4.82. The summed E-state index contributed by atoms with van der Waals surface area (Å²) in [5, 5.41) is 6.73. The number of benzene rings is 1. The Labute approximate surface area is 179 Å². The second-order valence-electron chi connectivity index (χ2n) is 8.39. The third kappa shape index (κ3) is 4.42. The van der Waals surface area contributed by atoms with E-state index in [0.717, 1.165) is 40.4 Å². The zero-order valence-corrected chi connectivity index (χ0v) is 18.0. The third-order valence-electron chi connectivity index (χ3n) is 6.02. The number of likely N-dealkylation sites (N-methyl/N-ethyl adjacent to an activating group) is 1. The summed E-state index contributed by atoms with van der Waals surface area (Å²) < 4.78 is 0.993. The lowest BCUT2D eigenvalue weighted by atomic mass is 9.84. The van der Waals surface area contributed by atoms with Gasteiger partial charge in [-0.2, -0.15) is 0 Å². The van der Waals surface area contributed by atoms with Crippen molar-refractivity contribution in [3.63, 3.8) is 0 Å². The van der Waals surface area contributed by atoms with Gasteiger partial charge < -0.3 is 15.5 Å². The first-order valence-corrected chi connectivity index (χ1v) is 11.1. The van der Waals surface area contributed by atoms with E-state index >= 15 is 0 Å². The minimum absolute atomic E-state index is 0.403. The van der Waals surface area contributed by atoms with Crippen LogP contribution in [0.4, 0.5) is 15.5 Å². The summed E-state index contributed by atoms with van der Waals surface area (Å²) in [5.74, 6) is 0.333. The maximum absolute atomic E-state index is 12.5. The number of hydrogen-bond donors (Lipinski definition) is 3. The molecule has 1 fully saturated rings. The zero-order valence-electron chi connectivity index (χ0n) is 16.5. The maximum atomic E-state index is 12.5. The van der Waals surface area contributed by atoms with Crippen molar-refractivity contribution in [1.82, 2.24) is 0 Å². The van der Waals surface area contributed by atoms with Crippen LogP contribution in [0.3, 0.4) is 0 Å². The van der Waals surface area contributed by atoms with Crippen LogP contribution in [0.15, 0.2) is 24.3 Å². The molecule has 1 aromatic carbocycles. The van der Waals surface area contributed by atoms with Crippen molar-refractivity contribution >= 4 is 45.6 Å². The maximum Gasteiger partial charge on any atom is 0.324 e. The molecule has 1 atom stereocenters. The highest BCUT2D eigenvalue weighted by Crippen LogP contribution is 2.40. The number of halogens is 1. The topological polar surface area (TPSA) is 84.2 Å². The second kappa shape index (κ2) is 7.97. The molecule has 154 valence electrons. The lowest BCUT2D eigenvalue weighted by Gasteiger charge is -2.42. The second-order valence-corrected chi connectivity index (χ2v) is 9.93. The van der Waals surface area contributed by atoms with Gasteiger partial charge >= 0.3 is 6.03 Å². The molecule has 0 radical (unpaired) electrons. The van der Waals surface area contributed by atoms with Gasteiger partial charge in [0.05, 0.1) is 30.6 Å². The summed E-state index contributed by atoms with van der Waals surface area (Å²) in [4.78, 5) is 25.8. The van der Waals surface area contributed by atoms with Crippen molar-refractivity contribution in [2.75, 3.05) is 30.8 Å². The number of nitrogens with zero attached hydrogens (tertiary/aromatic N) is 1. The molecular weight excluding hydrogens is 408 g/mol. The van der Waals surface area contributed by atoms with Crippen molar-refractivity contribution in [2.45, 2.75) is 32.2 Å². The lowest BCUT2D eigenvalue weighted by molar-refractivity contribution is -0.927. The third-order valence-corrected chi connectivity index (χ3v) is 7.40. The van der Waals surface area contributed by atoms with Gasteiger partial charge in [0, 0.05) is 23.0 Å². The molecule has 2 heterocycles. The number of rotatable bonds is 5. The van der Waals surface area contributed by atoms with Crippen molar-refractivity contribution in [3.05, 3.63) is 45.3 Å². The minimum atomic E-state index is -0.487. The Balaban J connectivity index is 1.51.